The lowest BCUT2D eigenvalue weighted by atomic mass is 9.74. The van der Waals surface area contributed by atoms with Crippen LogP contribution in [-0.2, 0) is 28.0 Å². The quantitative estimate of drug-likeness (QED) is 0.459. The van der Waals surface area contributed by atoms with Crippen LogP contribution in [-0.4, -0.2) is 60.2 Å². The fraction of sp³-hybridized carbons (Fsp3) is 0.345. The van der Waals surface area contributed by atoms with Crippen molar-refractivity contribution in [2.24, 2.45) is 0 Å². The van der Waals surface area contributed by atoms with Crippen LogP contribution in [0.3, 0.4) is 0 Å². The van der Waals surface area contributed by atoms with Gasteiger partial charge in [0.15, 0.2) is 11.5 Å². The Bertz CT molecular complexity index is 1330. The molecule has 1 amide bonds. The number of carboxylic acid groups (broad SMARTS) is 1. The van der Waals surface area contributed by atoms with Crippen molar-refractivity contribution in [3.05, 3.63) is 82.6 Å². The van der Waals surface area contributed by atoms with Crippen LogP contribution in [0.2, 0.25) is 5.02 Å². The topological polar surface area (TPSA) is 92.2 Å². The monoisotopic (exact) mass is 535 g/mol. The van der Waals surface area contributed by atoms with Gasteiger partial charge in [-0.25, -0.2) is 0 Å². The van der Waals surface area contributed by atoms with Crippen molar-refractivity contribution in [1.82, 2.24) is 9.88 Å². The minimum absolute atomic E-state index is 0.0186. The second kappa shape index (κ2) is 11.0. The molecule has 8 nitrogen and oxygen atoms in total. The summed E-state index contributed by atoms with van der Waals surface area (Å²) in [6, 6.07) is 15.0. The Hall–Kier alpha value is -3.62. The number of hydrogen-bond donors (Lipinski definition) is 1. The van der Waals surface area contributed by atoms with Gasteiger partial charge in [0.2, 0.25) is 5.91 Å². The van der Waals surface area contributed by atoms with Gasteiger partial charge < -0.3 is 19.5 Å². The number of ether oxygens (including phenoxy) is 2. The van der Waals surface area contributed by atoms with E-state index in [4.69, 9.17) is 21.1 Å². The number of halogens is 1. The molecule has 2 aliphatic rings. The standard InChI is InChI=1S/C29H30ClN3O5/c1-37-25-14-23-24(15-26(25)38-18-21-5-3-9-31-16-21)33(27(34)13-20-4-2-6-22(30)12-20)19-29(23)7-10-32(11-8-29)17-28(35)36/h2-6,9,12,14-16H,7-8,10-11,13,17-19H2,1H3,(H,35,36). The minimum atomic E-state index is -0.830. The molecule has 9 heteroatoms. The highest BCUT2D eigenvalue weighted by molar-refractivity contribution is 6.30. The number of fused-ring (bicyclic) bond motifs is 2. The van der Waals surface area contributed by atoms with Crippen molar-refractivity contribution in [1.29, 1.82) is 0 Å². The number of aliphatic carboxylic acids is 1. The van der Waals surface area contributed by atoms with Crippen molar-refractivity contribution in [2.45, 2.75) is 31.3 Å². The third-order valence-corrected chi connectivity index (χ3v) is 7.67. The molecular weight excluding hydrogens is 506 g/mol. The molecule has 1 spiro atoms. The number of aromatic nitrogens is 1. The highest BCUT2D eigenvalue weighted by Gasteiger charge is 2.47. The molecule has 0 atom stereocenters. The van der Waals surface area contributed by atoms with E-state index in [1.807, 2.05) is 52.3 Å². The zero-order valence-corrected chi connectivity index (χ0v) is 22.0. The molecule has 2 aromatic carbocycles. The lowest BCUT2D eigenvalue weighted by Gasteiger charge is -2.39. The number of amides is 1. The zero-order chi connectivity index (χ0) is 26.7. The number of carbonyl (C=O) groups excluding carboxylic acids is 1. The van der Waals surface area contributed by atoms with Gasteiger partial charge in [0.25, 0.3) is 0 Å². The maximum absolute atomic E-state index is 13.7. The summed E-state index contributed by atoms with van der Waals surface area (Å²) in [6.45, 7) is 2.14. The Morgan fingerprint density at radius 2 is 1.87 bits per heavy atom. The SMILES string of the molecule is COc1cc2c(cc1OCc1cccnc1)N(C(=O)Cc1cccc(Cl)c1)CC21CCN(CC(=O)O)CC1. The lowest BCUT2D eigenvalue weighted by molar-refractivity contribution is -0.138. The largest absolute Gasteiger partial charge is 0.493 e. The number of piperidine rings is 1. The highest BCUT2D eigenvalue weighted by Crippen LogP contribution is 2.51. The Kier molecular flexibility index (Phi) is 7.53. The van der Waals surface area contributed by atoms with Gasteiger partial charge in [0, 0.05) is 41.0 Å². The highest BCUT2D eigenvalue weighted by atomic mass is 35.5. The molecule has 0 radical (unpaired) electrons. The summed E-state index contributed by atoms with van der Waals surface area (Å²) in [7, 11) is 1.61. The summed E-state index contributed by atoms with van der Waals surface area (Å²) in [5.74, 6) is 0.296. The van der Waals surface area contributed by atoms with Crippen LogP contribution in [0.4, 0.5) is 5.69 Å². The Labute approximate surface area is 226 Å². The average Bonchev–Trinajstić information content (AvgIpc) is 3.21. The normalized spacial score (nSPS) is 16.3. The molecule has 198 valence electrons. The number of benzene rings is 2. The molecule has 1 aromatic heterocycles. The first-order chi connectivity index (χ1) is 18.4. The minimum Gasteiger partial charge on any atom is -0.493 e. The van der Waals surface area contributed by atoms with Crippen LogP contribution in [0.25, 0.3) is 0 Å². The van der Waals surface area contributed by atoms with E-state index in [1.165, 1.54) is 0 Å². The molecule has 1 N–H and O–H groups in total. The number of rotatable bonds is 8. The van der Waals surface area contributed by atoms with Gasteiger partial charge in [-0.15, -0.1) is 0 Å². The van der Waals surface area contributed by atoms with Gasteiger partial charge in [-0.1, -0.05) is 29.8 Å². The van der Waals surface area contributed by atoms with E-state index in [0.717, 1.165) is 35.2 Å². The second-order valence-electron chi connectivity index (χ2n) is 9.91. The molecule has 0 bridgehead atoms. The second-order valence-corrected chi connectivity index (χ2v) is 10.3. The molecule has 2 aliphatic heterocycles. The van der Waals surface area contributed by atoms with E-state index in [1.54, 1.807) is 25.6 Å². The van der Waals surface area contributed by atoms with Crippen LogP contribution < -0.4 is 14.4 Å². The third-order valence-electron chi connectivity index (χ3n) is 7.44. The molecule has 0 unspecified atom stereocenters. The first-order valence-electron chi connectivity index (χ1n) is 12.6. The Balaban J connectivity index is 1.47. The van der Waals surface area contributed by atoms with Crippen molar-refractivity contribution in [2.75, 3.05) is 38.2 Å². The van der Waals surface area contributed by atoms with E-state index < -0.39 is 5.97 Å². The van der Waals surface area contributed by atoms with Gasteiger partial charge in [0.1, 0.15) is 6.61 Å². The molecule has 3 heterocycles. The maximum atomic E-state index is 13.7. The molecule has 1 fully saturated rings. The van der Waals surface area contributed by atoms with Crippen LogP contribution in [0.15, 0.2) is 60.9 Å². The van der Waals surface area contributed by atoms with Crippen LogP contribution in [0.1, 0.15) is 29.5 Å². The van der Waals surface area contributed by atoms with Crippen molar-refractivity contribution in [3.8, 4) is 11.5 Å². The van der Waals surface area contributed by atoms with E-state index in [2.05, 4.69) is 4.98 Å². The smallest absolute Gasteiger partial charge is 0.317 e. The molecule has 1 saturated heterocycles. The van der Waals surface area contributed by atoms with Gasteiger partial charge >= 0.3 is 5.97 Å². The van der Waals surface area contributed by atoms with E-state index in [9.17, 15) is 14.7 Å². The summed E-state index contributed by atoms with van der Waals surface area (Å²) in [5.41, 5.74) is 3.33. The van der Waals surface area contributed by atoms with Crippen molar-refractivity contribution >= 4 is 29.2 Å². The number of anilines is 1. The predicted molar refractivity (Wildman–Crippen MR) is 144 cm³/mol. The van der Waals surface area contributed by atoms with Crippen LogP contribution >= 0.6 is 11.6 Å². The molecule has 3 aromatic rings. The molecule has 0 aliphatic carbocycles. The summed E-state index contributed by atoms with van der Waals surface area (Å²) in [6.07, 6.45) is 5.17. The van der Waals surface area contributed by atoms with Gasteiger partial charge in [0.05, 0.1) is 25.8 Å². The zero-order valence-electron chi connectivity index (χ0n) is 21.2. The average molecular weight is 536 g/mol. The third kappa shape index (κ3) is 5.47. The first kappa shape index (κ1) is 26.0. The molecule has 38 heavy (non-hydrogen) atoms. The lowest BCUT2D eigenvalue weighted by Crippen LogP contribution is -2.47. The number of carbonyl (C=O) groups is 2. The van der Waals surface area contributed by atoms with Gasteiger partial charge in [-0.05, 0) is 61.3 Å². The summed E-state index contributed by atoms with van der Waals surface area (Å²) in [4.78, 5) is 32.9. The number of nitrogens with zero attached hydrogens (tertiary/aromatic N) is 3. The van der Waals surface area contributed by atoms with Crippen LogP contribution in [0, 0.1) is 0 Å². The Morgan fingerprint density at radius 1 is 1.08 bits per heavy atom. The van der Waals surface area contributed by atoms with Gasteiger partial charge in [-0.2, -0.15) is 0 Å². The summed E-state index contributed by atoms with van der Waals surface area (Å²) < 4.78 is 11.9. The maximum Gasteiger partial charge on any atom is 0.317 e. The number of pyridine rings is 1. The number of methoxy groups -OCH3 is 1. The molecule has 0 saturated carbocycles. The van der Waals surface area contributed by atoms with Crippen molar-refractivity contribution < 1.29 is 24.2 Å². The number of likely N-dealkylation sites (tertiary alicyclic amines) is 1. The predicted octanol–water partition coefficient (Wildman–Crippen LogP) is 4.33. The van der Waals surface area contributed by atoms with Crippen LogP contribution in [0.5, 0.6) is 11.5 Å². The molecule has 5 rings (SSSR count). The van der Waals surface area contributed by atoms with E-state index in [-0.39, 0.29) is 24.3 Å². The van der Waals surface area contributed by atoms with Crippen molar-refractivity contribution in [3.63, 3.8) is 0 Å². The summed E-state index contributed by atoms with van der Waals surface area (Å²) >= 11 is 6.17. The fourth-order valence-corrected chi connectivity index (χ4v) is 5.70. The van der Waals surface area contributed by atoms with Gasteiger partial charge in [-0.3, -0.25) is 19.5 Å². The Morgan fingerprint density at radius 3 is 2.55 bits per heavy atom. The summed E-state index contributed by atoms with van der Waals surface area (Å²) in [5, 5.41) is 9.84. The first-order valence-corrected chi connectivity index (χ1v) is 13.0. The van der Waals surface area contributed by atoms with E-state index >= 15 is 0 Å². The molecular formula is C29H30ClN3O5. The number of hydrogen-bond acceptors (Lipinski definition) is 6. The fourth-order valence-electron chi connectivity index (χ4n) is 5.48. The number of carboxylic acids is 1. The van der Waals surface area contributed by atoms with E-state index in [0.29, 0.717) is 42.8 Å².